The Labute approximate surface area is 72.7 Å². The second-order valence-electron chi connectivity index (χ2n) is 3.23. The topological polar surface area (TPSA) is 41.6 Å². The van der Waals surface area contributed by atoms with Crippen LogP contribution in [0.15, 0.2) is 0 Å². The molecule has 64 valence electrons. The van der Waals surface area contributed by atoms with Gasteiger partial charge in [-0.25, -0.2) is 4.98 Å². The van der Waals surface area contributed by atoms with E-state index in [1.807, 2.05) is 18.5 Å². The van der Waals surface area contributed by atoms with Gasteiger partial charge in [0.1, 0.15) is 17.6 Å². The highest BCUT2D eigenvalue weighted by Gasteiger charge is 2.12. The summed E-state index contributed by atoms with van der Waals surface area (Å²) < 4.78 is 1.86. The van der Waals surface area contributed by atoms with Gasteiger partial charge in [-0.1, -0.05) is 13.8 Å². The van der Waals surface area contributed by atoms with Crippen LogP contribution in [0.2, 0.25) is 0 Å². The minimum absolute atomic E-state index is 0.371. The van der Waals surface area contributed by atoms with Crippen molar-refractivity contribution in [3.8, 4) is 6.07 Å². The Hall–Kier alpha value is -1.30. The Morgan fingerprint density at radius 2 is 2.08 bits per heavy atom. The van der Waals surface area contributed by atoms with Crippen LogP contribution < -0.4 is 0 Å². The third kappa shape index (κ3) is 1.20. The normalized spacial score (nSPS) is 10.3. The van der Waals surface area contributed by atoms with Crippen LogP contribution in [0.5, 0.6) is 0 Å². The standard InChI is InChI=1S/C9H13N3/c1-6(2)9-11-7(3)8(5-10)12(9)4/h6H,1-4H3. The minimum Gasteiger partial charge on any atom is -0.323 e. The highest BCUT2D eigenvalue weighted by molar-refractivity contribution is 5.28. The number of imidazole rings is 1. The highest BCUT2D eigenvalue weighted by Crippen LogP contribution is 2.15. The summed E-state index contributed by atoms with van der Waals surface area (Å²) in [6.45, 7) is 6.01. The number of rotatable bonds is 1. The van der Waals surface area contributed by atoms with Crippen LogP contribution in [0.3, 0.4) is 0 Å². The lowest BCUT2D eigenvalue weighted by Gasteiger charge is -2.03. The molecule has 1 aromatic heterocycles. The molecule has 0 N–H and O–H groups in total. The highest BCUT2D eigenvalue weighted by atomic mass is 15.1. The average molecular weight is 163 g/mol. The molecule has 0 saturated carbocycles. The van der Waals surface area contributed by atoms with Crippen molar-refractivity contribution in [2.24, 2.45) is 7.05 Å². The molecule has 0 aliphatic heterocycles. The van der Waals surface area contributed by atoms with Crippen LogP contribution in [-0.4, -0.2) is 9.55 Å². The Morgan fingerprint density at radius 3 is 2.33 bits per heavy atom. The predicted molar refractivity (Wildman–Crippen MR) is 46.7 cm³/mol. The first-order chi connectivity index (χ1) is 5.57. The molecule has 3 nitrogen and oxygen atoms in total. The molecule has 12 heavy (non-hydrogen) atoms. The van der Waals surface area contributed by atoms with E-state index in [2.05, 4.69) is 24.9 Å². The van der Waals surface area contributed by atoms with Gasteiger partial charge in [0.2, 0.25) is 0 Å². The first kappa shape index (κ1) is 8.79. The van der Waals surface area contributed by atoms with Gasteiger partial charge in [0.25, 0.3) is 0 Å². The predicted octanol–water partition coefficient (Wildman–Crippen LogP) is 1.72. The van der Waals surface area contributed by atoms with E-state index in [1.165, 1.54) is 0 Å². The number of aryl methyl sites for hydroxylation is 1. The van der Waals surface area contributed by atoms with E-state index < -0.39 is 0 Å². The summed E-state index contributed by atoms with van der Waals surface area (Å²) in [5.41, 5.74) is 1.49. The van der Waals surface area contributed by atoms with Crippen LogP contribution in [0.4, 0.5) is 0 Å². The first-order valence-corrected chi connectivity index (χ1v) is 4.01. The maximum absolute atomic E-state index is 8.78. The number of hydrogen-bond donors (Lipinski definition) is 0. The van der Waals surface area contributed by atoms with Crippen molar-refractivity contribution in [3.63, 3.8) is 0 Å². The quantitative estimate of drug-likeness (QED) is 0.632. The summed E-state index contributed by atoms with van der Waals surface area (Å²) in [5.74, 6) is 1.35. The molecule has 0 saturated heterocycles. The summed E-state index contributed by atoms with van der Waals surface area (Å²) in [7, 11) is 1.88. The summed E-state index contributed by atoms with van der Waals surface area (Å²) in [4.78, 5) is 4.32. The van der Waals surface area contributed by atoms with Gasteiger partial charge < -0.3 is 4.57 Å². The van der Waals surface area contributed by atoms with Gasteiger partial charge >= 0.3 is 0 Å². The van der Waals surface area contributed by atoms with E-state index in [0.29, 0.717) is 11.6 Å². The van der Waals surface area contributed by atoms with E-state index in [9.17, 15) is 0 Å². The smallest absolute Gasteiger partial charge is 0.142 e. The van der Waals surface area contributed by atoms with E-state index in [1.54, 1.807) is 0 Å². The molecule has 0 bridgehead atoms. The van der Waals surface area contributed by atoms with Crippen molar-refractivity contribution in [2.75, 3.05) is 0 Å². The van der Waals surface area contributed by atoms with Crippen LogP contribution in [0.25, 0.3) is 0 Å². The van der Waals surface area contributed by atoms with E-state index in [4.69, 9.17) is 5.26 Å². The maximum atomic E-state index is 8.78. The Bertz CT molecular complexity index is 328. The molecule has 3 heteroatoms. The lowest BCUT2D eigenvalue weighted by atomic mass is 10.2. The molecule has 0 fully saturated rings. The fourth-order valence-electron chi connectivity index (χ4n) is 1.33. The molecule has 0 radical (unpaired) electrons. The van der Waals surface area contributed by atoms with Gasteiger partial charge in [0, 0.05) is 13.0 Å². The van der Waals surface area contributed by atoms with Gasteiger partial charge in [-0.15, -0.1) is 0 Å². The van der Waals surface area contributed by atoms with Crippen molar-refractivity contribution < 1.29 is 0 Å². The zero-order valence-electron chi connectivity index (χ0n) is 7.92. The average Bonchev–Trinajstić information content (AvgIpc) is 2.27. The fourth-order valence-corrected chi connectivity index (χ4v) is 1.33. The molecular formula is C9H13N3. The van der Waals surface area contributed by atoms with Gasteiger partial charge in [-0.2, -0.15) is 5.26 Å². The fraction of sp³-hybridized carbons (Fsp3) is 0.556. The summed E-state index contributed by atoms with van der Waals surface area (Å²) in [6.07, 6.45) is 0. The third-order valence-corrected chi connectivity index (χ3v) is 1.93. The number of aromatic nitrogens is 2. The molecule has 0 aliphatic rings. The molecule has 1 rings (SSSR count). The molecule has 0 aliphatic carbocycles. The molecule has 0 amide bonds. The van der Waals surface area contributed by atoms with Crippen LogP contribution in [0, 0.1) is 18.3 Å². The lowest BCUT2D eigenvalue weighted by Crippen LogP contribution is -2.01. The van der Waals surface area contributed by atoms with Gasteiger partial charge in [-0.05, 0) is 6.92 Å². The molecule has 0 unspecified atom stereocenters. The van der Waals surface area contributed by atoms with E-state index in [0.717, 1.165) is 11.5 Å². The van der Waals surface area contributed by atoms with Crippen molar-refractivity contribution in [1.29, 1.82) is 5.26 Å². The molecule has 0 atom stereocenters. The van der Waals surface area contributed by atoms with E-state index >= 15 is 0 Å². The SMILES string of the molecule is Cc1nc(C(C)C)n(C)c1C#N. The van der Waals surface area contributed by atoms with Crippen molar-refractivity contribution in [3.05, 3.63) is 17.2 Å². The summed E-state index contributed by atoms with van der Waals surface area (Å²) in [5, 5.41) is 8.78. The number of nitrogens with zero attached hydrogens (tertiary/aromatic N) is 3. The number of hydrogen-bond acceptors (Lipinski definition) is 2. The Morgan fingerprint density at radius 1 is 1.50 bits per heavy atom. The van der Waals surface area contributed by atoms with Crippen LogP contribution in [-0.2, 0) is 7.05 Å². The molecule has 1 heterocycles. The van der Waals surface area contributed by atoms with Crippen molar-refractivity contribution >= 4 is 0 Å². The Kier molecular flexibility index (Phi) is 2.18. The molecule has 1 aromatic rings. The van der Waals surface area contributed by atoms with Crippen LogP contribution in [0.1, 0.15) is 37.0 Å². The largest absolute Gasteiger partial charge is 0.323 e. The van der Waals surface area contributed by atoms with Crippen molar-refractivity contribution in [1.82, 2.24) is 9.55 Å². The first-order valence-electron chi connectivity index (χ1n) is 4.01. The Balaban J connectivity index is 3.29. The second kappa shape index (κ2) is 2.98. The monoisotopic (exact) mass is 163 g/mol. The zero-order chi connectivity index (χ0) is 9.30. The molecule has 0 spiro atoms. The van der Waals surface area contributed by atoms with Gasteiger partial charge in [-0.3, -0.25) is 0 Å². The van der Waals surface area contributed by atoms with E-state index in [-0.39, 0.29) is 0 Å². The van der Waals surface area contributed by atoms with Crippen molar-refractivity contribution in [2.45, 2.75) is 26.7 Å². The van der Waals surface area contributed by atoms with Crippen LogP contribution >= 0.6 is 0 Å². The second-order valence-corrected chi connectivity index (χ2v) is 3.23. The summed E-state index contributed by atoms with van der Waals surface area (Å²) in [6, 6.07) is 2.14. The van der Waals surface area contributed by atoms with Gasteiger partial charge in [0.05, 0.1) is 5.69 Å². The molecular weight excluding hydrogens is 150 g/mol. The summed E-state index contributed by atoms with van der Waals surface area (Å²) >= 11 is 0. The van der Waals surface area contributed by atoms with Gasteiger partial charge in [0.15, 0.2) is 0 Å². The third-order valence-electron chi connectivity index (χ3n) is 1.93. The lowest BCUT2D eigenvalue weighted by molar-refractivity contribution is 0.706. The molecule has 0 aromatic carbocycles. The number of nitriles is 1. The maximum Gasteiger partial charge on any atom is 0.142 e. The minimum atomic E-state index is 0.371. The zero-order valence-corrected chi connectivity index (χ0v) is 7.92.